The summed E-state index contributed by atoms with van der Waals surface area (Å²) in [4.78, 5) is 22.1. The van der Waals surface area contributed by atoms with Gasteiger partial charge in [0, 0.05) is 0 Å². The summed E-state index contributed by atoms with van der Waals surface area (Å²) in [7, 11) is 0. The lowest BCUT2D eigenvalue weighted by atomic mass is 10.1. The number of amides is 1. The summed E-state index contributed by atoms with van der Waals surface area (Å²) in [5, 5.41) is 19.7. The van der Waals surface area contributed by atoms with E-state index < -0.39 is 24.5 Å². The van der Waals surface area contributed by atoms with Gasteiger partial charge in [-0.2, -0.15) is 0 Å². The number of hydrogen-bond acceptors (Lipinski definition) is 4. The lowest BCUT2D eigenvalue weighted by Crippen LogP contribution is -2.43. The number of aliphatic carboxylic acids is 1. The number of benzene rings is 1. The van der Waals surface area contributed by atoms with Gasteiger partial charge in [-0.15, -0.1) is 0 Å². The third kappa shape index (κ3) is 4.55. The first-order valence-corrected chi connectivity index (χ1v) is 6.27. The van der Waals surface area contributed by atoms with Gasteiger partial charge >= 0.3 is 5.97 Å². The van der Waals surface area contributed by atoms with Crippen LogP contribution in [0.1, 0.15) is 17.5 Å². The molecule has 0 aliphatic rings. The molecule has 0 aliphatic carbocycles. The Labute approximate surface area is 117 Å². The van der Waals surface area contributed by atoms with Crippen molar-refractivity contribution in [2.45, 2.75) is 26.3 Å². The van der Waals surface area contributed by atoms with Crippen LogP contribution in [-0.2, 0) is 9.59 Å². The number of carbonyl (C=O) groups is 2. The van der Waals surface area contributed by atoms with E-state index in [1.165, 1.54) is 0 Å². The highest BCUT2D eigenvalue weighted by atomic mass is 16.5. The number of nitrogens with one attached hydrogen (secondary N) is 1. The monoisotopic (exact) mass is 281 g/mol. The number of carboxylic acid groups (broad SMARTS) is 1. The van der Waals surface area contributed by atoms with Gasteiger partial charge in [-0.3, -0.25) is 4.79 Å². The van der Waals surface area contributed by atoms with Crippen LogP contribution in [0.2, 0.25) is 0 Å². The molecule has 1 atom stereocenters. The van der Waals surface area contributed by atoms with Crippen LogP contribution in [0.3, 0.4) is 0 Å². The molecule has 0 heterocycles. The van der Waals surface area contributed by atoms with Crippen LogP contribution < -0.4 is 10.1 Å². The third-order valence-electron chi connectivity index (χ3n) is 2.96. The number of aliphatic hydroxyl groups is 1. The normalized spacial score (nSPS) is 11.8. The minimum absolute atomic E-state index is 0.0250. The molecule has 0 radical (unpaired) electrons. The fraction of sp³-hybridized carbons (Fsp3) is 0.429. The van der Waals surface area contributed by atoms with Gasteiger partial charge in [-0.25, -0.2) is 4.79 Å². The van der Waals surface area contributed by atoms with Crippen molar-refractivity contribution >= 4 is 11.9 Å². The lowest BCUT2D eigenvalue weighted by Gasteiger charge is -2.13. The summed E-state index contributed by atoms with van der Waals surface area (Å²) >= 11 is 0. The number of ether oxygens (including phenoxy) is 1. The van der Waals surface area contributed by atoms with E-state index in [0.29, 0.717) is 5.75 Å². The molecule has 0 saturated carbocycles. The average Bonchev–Trinajstić information content (AvgIpc) is 2.40. The van der Waals surface area contributed by atoms with Crippen molar-refractivity contribution in [3.05, 3.63) is 29.3 Å². The first kappa shape index (κ1) is 16.0. The van der Waals surface area contributed by atoms with Crippen molar-refractivity contribution in [1.82, 2.24) is 5.32 Å². The Balaban J connectivity index is 2.42. The number of aliphatic hydroxyl groups excluding tert-OH is 1. The Morgan fingerprint density at radius 3 is 2.65 bits per heavy atom. The molecule has 0 aromatic heterocycles. The van der Waals surface area contributed by atoms with Crippen molar-refractivity contribution < 1.29 is 24.5 Å². The summed E-state index contributed by atoms with van der Waals surface area (Å²) in [6.07, 6.45) is 0.0250. The van der Waals surface area contributed by atoms with Gasteiger partial charge in [-0.1, -0.05) is 12.1 Å². The molecule has 6 nitrogen and oxygen atoms in total. The van der Waals surface area contributed by atoms with Crippen LogP contribution in [0, 0.1) is 13.8 Å². The summed E-state index contributed by atoms with van der Waals surface area (Å²) in [5.41, 5.74) is 2.10. The standard InChI is InChI=1S/C14H19NO5/c1-9-4-3-5-12(10(9)2)20-7-6-13(17)15-11(8-16)14(18)19/h3-5,11,16H,6-8H2,1-2H3,(H,15,17)(H,18,19)/t11-/m1/s1. The highest BCUT2D eigenvalue weighted by Crippen LogP contribution is 2.20. The predicted octanol–water partition coefficient (Wildman–Crippen LogP) is 0.634. The SMILES string of the molecule is Cc1cccc(OCCC(=O)N[C@H](CO)C(=O)O)c1C. The van der Waals surface area contributed by atoms with Gasteiger partial charge in [-0.05, 0) is 31.0 Å². The minimum Gasteiger partial charge on any atom is -0.493 e. The summed E-state index contributed by atoms with van der Waals surface area (Å²) in [5.74, 6) is -1.04. The molecule has 1 amide bonds. The first-order valence-electron chi connectivity index (χ1n) is 6.27. The summed E-state index contributed by atoms with van der Waals surface area (Å²) in [6, 6.07) is 4.37. The van der Waals surface area contributed by atoms with E-state index in [-0.39, 0.29) is 13.0 Å². The molecule has 1 rings (SSSR count). The van der Waals surface area contributed by atoms with Crippen LogP contribution in [0.4, 0.5) is 0 Å². The second-order valence-corrected chi connectivity index (χ2v) is 4.44. The van der Waals surface area contributed by atoms with E-state index in [1.54, 1.807) is 0 Å². The highest BCUT2D eigenvalue weighted by Gasteiger charge is 2.18. The van der Waals surface area contributed by atoms with Gasteiger partial charge in [0.15, 0.2) is 0 Å². The molecule has 1 aromatic carbocycles. The molecular formula is C14H19NO5. The second-order valence-electron chi connectivity index (χ2n) is 4.44. The van der Waals surface area contributed by atoms with E-state index in [4.69, 9.17) is 14.9 Å². The Hall–Kier alpha value is -2.08. The summed E-state index contributed by atoms with van der Waals surface area (Å²) in [6.45, 7) is 3.40. The van der Waals surface area contributed by atoms with E-state index in [2.05, 4.69) is 5.32 Å². The van der Waals surface area contributed by atoms with Crippen molar-refractivity contribution in [3.63, 3.8) is 0 Å². The molecule has 0 aliphatic heterocycles. The van der Waals surface area contributed by atoms with Crippen molar-refractivity contribution in [2.75, 3.05) is 13.2 Å². The lowest BCUT2D eigenvalue weighted by molar-refractivity contribution is -0.143. The molecule has 1 aromatic rings. The molecule has 0 fully saturated rings. The summed E-state index contributed by atoms with van der Waals surface area (Å²) < 4.78 is 5.49. The maximum Gasteiger partial charge on any atom is 0.328 e. The van der Waals surface area contributed by atoms with Crippen molar-refractivity contribution in [2.24, 2.45) is 0 Å². The van der Waals surface area contributed by atoms with Crippen LogP contribution in [0.5, 0.6) is 5.75 Å². The molecule has 0 spiro atoms. The van der Waals surface area contributed by atoms with Gasteiger partial charge in [0.05, 0.1) is 19.6 Å². The molecule has 0 bridgehead atoms. The largest absolute Gasteiger partial charge is 0.493 e. The Kier molecular flexibility index (Phi) is 5.99. The smallest absolute Gasteiger partial charge is 0.328 e. The molecule has 20 heavy (non-hydrogen) atoms. The van der Waals surface area contributed by atoms with Crippen LogP contribution >= 0.6 is 0 Å². The zero-order valence-electron chi connectivity index (χ0n) is 11.5. The van der Waals surface area contributed by atoms with Crippen LogP contribution in [0.25, 0.3) is 0 Å². The maximum absolute atomic E-state index is 11.5. The van der Waals surface area contributed by atoms with Crippen LogP contribution in [0.15, 0.2) is 18.2 Å². The zero-order chi connectivity index (χ0) is 15.1. The Morgan fingerprint density at radius 2 is 2.05 bits per heavy atom. The maximum atomic E-state index is 11.5. The number of hydrogen-bond donors (Lipinski definition) is 3. The second kappa shape index (κ2) is 7.49. The van der Waals surface area contributed by atoms with Gasteiger partial charge in [0.25, 0.3) is 0 Å². The number of carbonyl (C=O) groups excluding carboxylic acids is 1. The molecule has 3 N–H and O–H groups in total. The minimum atomic E-state index is -1.27. The van der Waals surface area contributed by atoms with Gasteiger partial charge in [0.1, 0.15) is 11.8 Å². The van der Waals surface area contributed by atoms with E-state index in [0.717, 1.165) is 11.1 Å². The Bertz CT molecular complexity index is 486. The van der Waals surface area contributed by atoms with Gasteiger partial charge in [0.2, 0.25) is 5.91 Å². The number of rotatable bonds is 7. The first-order chi connectivity index (χ1) is 9.45. The third-order valence-corrected chi connectivity index (χ3v) is 2.96. The van der Waals surface area contributed by atoms with E-state index in [1.807, 2.05) is 32.0 Å². The average molecular weight is 281 g/mol. The zero-order valence-corrected chi connectivity index (χ0v) is 11.5. The van der Waals surface area contributed by atoms with Crippen molar-refractivity contribution in [3.8, 4) is 5.75 Å². The Morgan fingerprint density at radius 1 is 1.35 bits per heavy atom. The van der Waals surface area contributed by atoms with E-state index >= 15 is 0 Å². The molecular weight excluding hydrogens is 262 g/mol. The molecule has 110 valence electrons. The van der Waals surface area contributed by atoms with Crippen LogP contribution in [-0.4, -0.2) is 41.3 Å². The predicted molar refractivity (Wildman–Crippen MR) is 72.7 cm³/mol. The topological polar surface area (TPSA) is 95.9 Å². The molecule has 0 saturated heterocycles. The van der Waals surface area contributed by atoms with Gasteiger partial charge < -0.3 is 20.3 Å². The highest BCUT2D eigenvalue weighted by molar-refractivity contribution is 5.83. The van der Waals surface area contributed by atoms with Crippen molar-refractivity contribution in [1.29, 1.82) is 0 Å². The fourth-order valence-corrected chi connectivity index (χ4v) is 1.59. The van der Waals surface area contributed by atoms with E-state index in [9.17, 15) is 9.59 Å². The number of aryl methyl sites for hydroxylation is 1. The quantitative estimate of drug-likeness (QED) is 0.681. The molecule has 6 heteroatoms. The molecule has 0 unspecified atom stereocenters. The number of carboxylic acids is 1. The fourth-order valence-electron chi connectivity index (χ4n) is 1.59.